The molecule has 35 heavy (non-hydrogen) atoms. The maximum absolute atomic E-state index is 13.2. The fourth-order valence-electron chi connectivity index (χ4n) is 4.53. The first kappa shape index (κ1) is 26.5. The summed E-state index contributed by atoms with van der Waals surface area (Å²) in [4.78, 5) is 27.0. The fourth-order valence-corrected chi connectivity index (χ4v) is 4.53. The van der Waals surface area contributed by atoms with E-state index in [1.54, 1.807) is 25.0 Å². The molecule has 2 heterocycles. The van der Waals surface area contributed by atoms with E-state index in [0.29, 0.717) is 30.2 Å². The van der Waals surface area contributed by atoms with Gasteiger partial charge >= 0.3 is 5.97 Å². The number of hydrogen-bond acceptors (Lipinski definition) is 6. The molecule has 1 amide bonds. The van der Waals surface area contributed by atoms with Gasteiger partial charge in [0.05, 0.1) is 31.9 Å². The van der Waals surface area contributed by atoms with E-state index in [0.717, 1.165) is 25.2 Å². The van der Waals surface area contributed by atoms with Crippen LogP contribution >= 0.6 is 0 Å². The zero-order valence-corrected chi connectivity index (χ0v) is 21.2. The predicted octanol–water partition coefficient (Wildman–Crippen LogP) is 3.67. The van der Waals surface area contributed by atoms with Crippen LogP contribution in [0.3, 0.4) is 0 Å². The van der Waals surface area contributed by atoms with Crippen molar-refractivity contribution >= 4 is 11.9 Å². The number of amides is 1. The van der Waals surface area contributed by atoms with Gasteiger partial charge in [0.15, 0.2) is 5.69 Å². The summed E-state index contributed by atoms with van der Waals surface area (Å²) in [6.45, 7) is 7.57. The van der Waals surface area contributed by atoms with Gasteiger partial charge in [0.25, 0.3) is 5.91 Å². The quantitative estimate of drug-likeness (QED) is 0.471. The average Bonchev–Trinajstić information content (AvgIpc) is 3.25. The molecule has 0 saturated carbocycles. The number of carbonyl (C=O) groups is 2. The van der Waals surface area contributed by atoms with Gasteiger partial charge in [-0.25, -0.2) is 0 Å². The van der Waals surface area contributed by atoms with E-state index in [9.17, 15) is 14.7 Å². The largest absolute Gasteiger partial charge is 0.496 e. The second kappa shape index (κ2) is 12.6. The molecular weight excluding hydrogens is 448 g/mol. The Balaban J connectivity index is 1.85. The Kier molecular flexibility index (Phi) is 9.54. The van der Waals surface area contributed by atoms with Crippen molar-refractivity contribution in [3.05, 3.63) is 30.0 Å². The van der Waals surface area contributed by atoms with Crippen LogP contribution in [-0.2, 0) is 11.3 Å². The SMILES string of the molecule is COc1cccc(OC)c1-c1cc(C(=O)N[C@@H](CCN2CCCCC2)CC(=O)O)nn1CC(C)C. The third kappa shape index (κ3) is 7.21. The van der Waals surface area contributed by atoms with Crippen molar-refractivity contribution in [2.45, 2.75) is 58.5 Å². The number of nitrogens with zero attached hydrogens (tertiary/aromatic N) is 3. The molecule has 3 rings (SSSR count). The predicted molar refractivity (Wildman–Crippen MR) is 134 cm³/mol. The Morgan fingerprint density at radius 3 is 2.34 bits per heavy atom. The van der Waals surface area contributed by atoms with Crippen LogP contribution < -0.4 is 14.8 Å². The third-order valence-electron chi connectivity index (χ3n) is 6.23. The van der Waals surface area contributed by atoms with Crippen molar-refractivity contribution in [1.29, 1.82) is 0 Å². The lowest BCUT2D eigenvalue weighted by Crippen LogP contribution is -2.40. The summed E-state index contributed by atoms with van der Waals surface area (Å²) in [5.41, 5.74) is 1.67. The Morgan fingerprint density at radius 1 is 1.11 bits per heavy atom. The molecule has 9 nitrogen and oxygen atoms in total. The average molecular weight is 487 g/mol. The topological polar surface area (TPSA) is 106 Å². The van der Waals surface area contributed by atoms with E-state index in [2.05, 4.69) is 29.2 Å². The van der Waals surface area contributed by atoms with Crippen LogP contribution in [0.2, 0.25) is 0 Å². The highest BCUT2D eigenvalue weighted by atomic mass is 16.5. The molecule has 1 atom stereocenters. The highest BCUT2D eigenvalue weighted by molar-refractivity contribution is 5.94. The first-order chi connectivity index (χ1) is 16.8. The minimum absolute atomic E-state index is 0.126. The molecule has 0 aliphatic carbocycles. The minimum atomic E-state index is -0.932. The van der Waals surface area contributed by atoms with Gasteiger partial charge in [0.1, 0.15) is 11.5 Å². The number of ether oxygens (including phenoxy) is 2. The van der Waals surface area contributed by atoms with Crippen LogP contribution in [0, 0.1) is 5.92 Å². The third-order valence-corrected chi connectivity index (χ3v) is 6.23. The molecular formula is C26H38N4O5. The lowest BCUT2D eigenvalue weighted by atomic mass is 10.1. The second-order valence-electron chi connectivity index (χ2n) is 9.49. The summed E-state index contributed by atoms with van der Waals surface area (Å²) in [7, 11) is 3.18. The van der Waals surface area contributed by atoms with E-state index < -0.39 is 12.0 Å². The smallest absolute Gasteiger partial charge is 0.305 e. The lowest BCUT2D eigenvalue weighted by Gasteiger charge is -2.28. The maximum Gasteiger partial charge on any atom is 0.305 e. The zero-order valence-electron chi connectivity index (χ0n) is 21.2. The zero-order chi connectivity index (χ0) is 25.4. The van der Waals surface area contributed by atoms with Crippen molar-refractivity contribution in [1.82, 2.24) is 20.0 Å². The van der Waals surface area contributed by atoms with Gasteiger partial charge in [0, 0.05) is 19.1 Å². The van der Waals surface area contributed by atoms with Crippen LogP contribution in [0.5, 0.6) is 11.5 Å². The molecule has 0 radical (unpaired) electrons. The molecule has 0 bridgehead atoms. The van der Waals surface area contributed by atoms with Gasteiger partial charge < -0.3 is 24.8 Å². The number of hydrogen-bond donors (Lipinski definition) is 2. The number of benzene rings is 1. The Labute approximate surface area is 207 Å². The van der Waals surface area contributed by atoms with Crippen molar-refractivity contribution in [2.24, 2.45) is 5.92 Å². The number of piperidine rings is 1. The summed E-state index contributed by atoms with van der Waals surface area (Å²) in [6, 6.07) is 6.78. The first-order valence-electron chi connectivity index (χ1n) is 12.4. The van der Waals surface area contributed by atoms with Crippen LogP contribution in [-0.4, -0.2) is 71.6 Å². The van der Waals surface area contributed by atoms with Gasteiger partial charge in [-0.2, -0.15) is 5.10 Å². The number of carboxylic acid groups (broad SMARTS) is 1. The molecule has 1 fully saturated rings. The lowest BCUT2D eigenvalue weighted by molar-refractivity contribution is -0.137. The number of carboxylic acids is 1. The Bertz CT molecular complexity index is 975. The molecule has 192 valence electrons. The number of aromatic nitrogens is 2. The van der Waals surface area contributed by atoms with Crippen molar-refractivity contribution < 1.29 is 24.2 Å². The first-order valence-corrected chi connectivity index (χ1v) is 12.4. The molecule has 2 aromatic rings. The van der Waals surface area contributed by atoms with Crippen LogP contribution in [0.1, 0.15) is 56.4 Å². The van der Waals surface area contributed by atoms with Gasteiger partial charge in [0.2, 0.25) is 0 Å². The van der Waals surface area contributed by atoms with Gasteiger partial charge in [-0.3, -0.25) is 14.3 Å². The van der Waals surface area contributed by atoms with Gasteiger partial charge in [-0.05, 0) is 56.5 Å². The molecule has 1 saturated heterocycles. The van der Waals surface area contributed by atoms with Crippen LogP contribution in [0.25, 0.3) is 11.3 Å². The number of nitrogens with one attached hydrogen (secondary N) is 1. The highest BCUT2D eigenvalue weighted by Crippen LogP contribution is 2.38. The van der Waals surface area contributed by atoms with E-state index in [4.69, 9.17) is 9.47 Å². The van der Waals surface area contributed by atoms with Gasteiger partial charge in [-0.15, -0.1) is 0 Å². The number of methoxy groups -OCH3 is 2. The maximum atomic E-state index is 13.2. The van der Waals surface area contributed by atoms with Crippen molar-refractivity contribution in [3.8, 4) is 22.8 Å². The molecule has 0 unspecified atom stereocenters. The standard InChI is InChI=1S/C26H38N4O5/c1-18(2)17-30-21(25-22(34-3)9-8-10-23(25)35-4)16-20(28-30)26(33)27-19(15-24(31)32)11-14-29-12-6-5-7-13-29/h8-10,16,18-19H,5-7,11-15,17H2,1-4H3,(H,27,33)(H,31,32)/t19-/m0/s1. The van der Waals surface area contributed by atoms with E-state index in [1.165, 1.54) is 19.3 Å². The molecule has 0 spiro atoms. The second-order valence-corrected chi connectivity index (χ2v) is 9.49. The normalized spacial score (nSPS) is 15.1. The summed E-state index contributed by atoms with van der Waals surface area (Å²) in [6.07, 6.45) is 4.03. The molecule has 1 aliphatic rings. The Hall–Kier alpha value is -3.07. The van der Waals surface area contributed by atoms with E-state index >= 15 is 0 Å². The van der Waals surface area contributed by atoms with Crippen molar-refractivity contribution in [2.75, 3.05) is 33.9 Å². The van der Waals surface area contributed by atoms with Crippen LogP contribution in [0.4, 0.5) is 0 Å². The molecule has 1 aromatic carbocycles. The summed E-state index contributed by atoms with van der Waals surface area (Å²) in [5, 5.41) is 16.9. The molecule has 1 aromatic heterocycles. The Morgan fingerprint density at radius 2 is 1.77 bits per heavy atom. The summed E-state index contributed by atoms with van der Waals surface area (Å²) >= 11 is 0. The number of rotatable bonds is 12. The summed E-state index contributed by atoms with van der Waals surface area (Å²) < 4.78 is 12.9. The minimum Gasteiger partial charge on any atom is -0.496 e. The molecule has 1 aliphatic heterocycles. The number of aliphatic carboxylic acids is 1. The fraction of sp³-hybridized carbons (Fsp3) is 0.577. The molecule has 9 heteroatoms. The molecule has 2 N–H and O–H groups in total. The number of likely N-dealkylation sites (tertiary alicyclic amines) is 1. The van der Waals surface area contributed by atoms with Gasteiger partial charge in [-0.1, -0.05) is 26.3 Å². The van der Waals surface area contributed by atoms with E-state index in [-0.39, 0.29) is 23.9 Å². The number of carbonyl (C=O) groups excluding carboxylic acids is 1. The van der Waals surface area contributed by atoms with E-state index in [1.807, 2.05) is 18.2 Å². The summed E-state index contributed by atoms with van der Waals surface area (Å²) in [5.74, 6) is 0.207. The highest BCUT2D eigenvalue weighted by Gasteiger charge is 2.24. The van der Waals surface area contributed by atoms with Crippen molar-refractivity contribution in [3.63, 3.8) is 0 Å². The van der Waals surface area contributed by atoms with Crippen LogP contribution in [0.15, 0.2) is 24.3 Å². The monoisotopic (exact) mass is 486 g/mol.